The topological polar surface area (TPSA) is 87.7 Å². The molecule has 8 nitrogen and oxygen atoms in total. The lowest BCUT2D eigenvalue weighted by molar-refractivity contribution is 0.0593. The van der Waals surface area contributed by atoms with Crippen LogP contribution in [0.15, 0.2) is 12.4 Å². The third-order valence-corrected chi connectivity index (χ3v) is 3.57. The van der Waals surface area contributed by atoms with Crippen molar-refractivity contribution in [3.05, 3.63) is 18.1 Å². The number of nitrogens with one attached hydrogen (secondary N) is 1. The molecule has 2 fully saturated rings. The van der Waals surface area contributed by atoms with E-state index in [0.717, 1.165) is 0 Å². The van der Waals surface area contributed by atoms with E-state index >= 15 is 0 Å². The van der Waals surface area contributed by atoms with E-state index in [1.165, 1.54) is 13.3 Å². The van der Waals surface area contributed by atoms with Gasteiger partial charge in [0.2, 0.25) is 0 Å². The number of hydrogen-bond acceptors (Lipinski definition) is 6. The van der Waals surface area contributed by atoms with Crippen molar-refractivity contribution in [2.45, 2.75) is 6.04 Å². The average Bonchev–Trinajstić information content (AvgIpc) is 2.87. The summed E-state index contributed by atoms with van der Waals surface area (Å²) in [7, 11) is 1.31. The van der Waals surface area contributed by atoms with Gasteiger partial charge < -0.3 is 19.9 Å². The summed E-state index contributed by atoms with van der Waals surface area (Å²) in [5.74, 6) is 0.127. The zero-order chi connectivity index (χ0) is 14.1. The highest BCUT2D eigenvalue weighted by molar-refractivity contribution is 5.87. The van der Waals surface area contributed by atoms with Crippen molar-refractivity contribution in [3.63, 3.8) is 0 Å². The minimum absolute atomic E-state index is 0.0101. The Labute approximate surface area is 115 Å². The fraction of sp³-hybridized carbons (Fsp3) is 0.500. The first kappa shape index (κ1) is 12.6. The molecule has 0 aliphatic carbocycles. The van der Waals surface area contributed by atoms with Crippen LogP contribution in [-0.4, -0.2) is 66.2 Å². The maximum atomic E-state index is 11.5. The number of nitrogens with zero attached hydrogens (tertiary/aromatic N) is 4. The first-order chi connectivity index (χ1) is 9.69. The summed E-state index contributed by atoms with van der Waals surface area (Å²) in [6.45, 7) is 2.63. The van der Waals surface area contributed by atoms with Gasteiger partial charge in [-0.15, -0.1) is 0 Å². The van der Waals surface area contributed by atoms with Crippen molar-refractivity contribution < 1.29 is 14.3 Å². The van der Waals surface area contributed by atoms with Gasteiger partial charge >= 0.3 is 12.0 Å². The number of anilines is 1. The zero-order valence-corrected chi connectivity index (χ0v) is 11.1. The number of urea groups is 1. The van der Waals surface area contributed by atoms with Crippen LogP contribution in [0.1, 0.15) is 10.5 Å². The van der Waals surface area contributed by atoms with Gasteiger partial charge in [-0.05, 0) is 0 Å². The smallest absolute Gasteiger partial charge is 0.358 e. The summed E-state index contributed by atoms with van der Waals surface area (Å²) in [5.41, 5.74) is 0.188. The van der Waals surface area contributed by atoms with E-state index in [2.05, 4.69) is 20.0 Å². The van der Waals surface area contributed by atoms with Crippen LogP contribution in [0.5, 0.6) is 0 Å². The molecule has 20 heavy (non-hydrogen) atoms. The van der Waals surface area contributed by atoms with Gasteiger partial charge in [0.05, 0.1) is 25.5 Å². The number of amides is 2. The monoisotopic (exact) mass is 277 g/mol. The number of carbonyl (C=O) groups excluding carboxylic acids is 2. The average molecular weight is 277 g/mol. The normalized spacial score (nSPS) is 21.4. The largest absolute Gasteiger partial charge is 0.464 e. The van der Waals surface area contributed by atoms with E-state index < -0.39 is 5.97 Å². The molecule has 2 aliphatic rings. The minimum Gasteiger partial charge on any atom is -0.464 e. The van der Waals surface area contributed by atoms with Gasteiger partial charge in [-0.3, -0.25) is 4.98 Å². The summed E-state index contributed by atoms with van der Waals surface area (Å²) in [6.07, 6.45) is 3.00. The molecule has 1 N–H and O–H groups in total. The predicted octanol–water partition coefficient (Wildman–Crippen LogP) is -0.523. The summed E-state index contributed by atoms with van der Waals surface area (Å²) >= 11 is 0. The molecule has 1 aromatic heterocycles. The maximum absolute atomic E-state index is 11.5. The van der Waals surface area contributed by atoms with E-state index in [-0.39, 0.29) is 17.8 Å². The van der Waals surface area contributed by atoms with Crippen LogP contribution in [0.25, 0.3) is 0 Å². The highest BCUT2D eigenvalue weighted by atomic mass is 16.5. The molecule has 0 spiro atoms. The Morgan fingerprint density at radius 2 is 2.30 bits per heavy atom. The number of esters is 1. The minimum atomic E-state index is -0.504. The van der Waals surface area contributed by atoms with E-state index in [1.807, 2.05) is 9.80 Å². The van der Waals surface area contributed by atoms with Crippen molar-refractivity contribution in [1.82, 2.24) is 20.2 Å². The molecule has 2 amide bonds. The molecule has 2 aliphatic heterocycles. The third kappa shape index (κ3) is 2.13. The van der Waals surface area contributed by atoms with Gasteiger partial charge in [-0.25, -0.2) is 14.6 Å². The van der Waals surface area contributed by atoms with Gasteiger partial charge in [0.1, 0.15) is 5.82 Å². The van der Waals surface area contributed by atoms with Crippen molar-refractivity contribution in [1.29, 1.82) is 0 Å². The Morgan fingerprint density at radius 1 is 1.45 bits per heavy atom. The predicted molar refractivity (Wildman–Crippen MR) is 69.5 cm³/mol. The fourth-order valence-electron chi connectivity index (χ4n) is 2.52. The summed E-state index contributed by atoms with van der Waals surface area (Å²) in [6, 6.07) is 0.129. The number of methoxy groups -OCH3 is 1. The molecule has 8 heteroatoms. The first-order valence-corrected chi connectivity index (χ1v) is 6.39. The molecule has 1 atom stereocenters. The van der Waals surface area contributed by atoms with E-state index in [9.17, 15) is 9.59 Å². The Morgan fingerprint density at radius 3 is 3.10 bits per heavy atom. The first-order valence-electron chi connectivity index (χ1n) is 6.39. The number of piperazine rings is 1. The van der Waals surface area contributed by atoms with Crippen molar-refractivity contribution in [3.8, 4) is 0 Å². The molecule has 0 bridgehead atoms. The van der Waals surface area contributed by atoms with Crippen molar-refractivity contribution in [2.75, 3.05) is 38.2 Å². The third-order valence-electron chi connectivity index (χ3n) is 3.57. The van der Waals surface area contributed by atoms with Crippen LogP contribution in [0, 0.1) is 0 Å². The Hall–Kier alpha value is -2.38. The molecule has 2 saturated heterocycles. The zero-order valence-electron chi connectivity index (χ0n) is 11.1. The van der Waals surface area contributed by atoms with Gasteiger partial charge in [-0.1, -0.05) is 0 Å². The van der Waals surface area contributed by atoms with E-state index in [4.69, 9.17) is 0 Å². The van der Waals surface area contributed by atoms with Gasteiger partial charge in [-0.2, -0.15) is 0 Å². The van der Waals surface area contributed by atoms with Gasteiger partial charge in [0, 0.05) is 26.2 Å². The number of aromatic nitrogens is 2. The number of rotatable bonds is 2. The maximum Gasteiger partial charge on any atom is 0.358 e. The number of ether oxygens (including phenoxy) is 1. The molecule has 3 heterocycles. The number of carbonyl (C=O) groups is 2. The Bertz CT molecular complexity index is 550. The standard InChI is InChI=1S/C12H15N5O3/c1-20-11(18)9-5-13-6-10(15-9)16-2-3-17-8(7-16)4-14-12(17)19/h5-6,8H,2-4,7H2,1H3,(H,14,19). The molecular weight excluding hydrogens is 262 g/mol. The Kier molecular flexibility index (Phi) is 3.13. The quantitative estimate of drug-likeness (QED) is 0.732. The fourth-order valence-corrected chi connectivity index (χ4v) is 2.52. The second-order valence-electron chi connectivity index (χ2n) is 4.73. The second-order valence-corrected chi connectivity index (χ2v) is 4.73. The molecule has 0 radical (unpaired) electrons. The number of hydrogen-bond donors (Lipinski definition) is 1. The lowest BCUT2D eigenvalue weighted by Crippen LogP contribution is -2.52. The van der Waals surface area contributed by atoms with Crippen LogP contribution in [0.2, 0.25) is 0 Å². The molecule has 0 saturated carbocycles. The highest BCUT2D eigenvalue weighted by Gasteiger charge is 2.35. The highest BCUT2D eigenvalue weighted by Crippen LogP contribution is 2.19. The van der Waals surface area contributed by atoms with Gasteiger partial charge in [0.15, 0.2) is 5.69 Å². The van der Waals surface area contributed by atoms with Crippen LogP contribution in [0.4, 0.5) is 10.6 Å². The van der Waals surface area contributed by atoms with Crippen molar-refractivity contribution >= 4 is 17.8 Å². The summed E-state index contributed by atoms with van der Waals surface area (Å²) in [4.78, 5) is 35.2. The Balaban J connectivity index is 1.77. The lowest BCUT2D eigenvalue weighted by atomic mass is 10.2. The van der Waals surface area contributed by atoms with Crippen LogP contribution < -0.4 is 10.2 Å². The summed E-state index contributed by atoms with van der Waals surface area (Å²) in [5, 5.41) is 2.82. The lowest BCUT2D eigenvalue weighted by Gasteiger charge is -2.36. The van der Waals surface area contributed by atoms with E-state index in [1.54, 1.807) is 6.20 Å². The molecule has 1 unspecified atom stereocenters. The van der Waals surface area contributed by atoms with Gasteiger partial charge in [0.25, 0.3) is 0 Å². The SMILES string of the molecule is COC(=O)c1cncc(N2CCN3C(=O)NCC3C2)n1. The van der Waals surface area contributed by atoms with E-state index in [0.29, 0.717) is 32.0 Å². The number of fused-ring (bicyclic) bond motifs is 1. The molecule has 0 aromatic carbocycles. The molecule has 106 valence electrons. The summed E-state index contributed by atoms with van der Waals surface area (Å²) < 4.78 is 4.64. The molecule has 3 rings (SSSR count). The molecular formula is C12H15N5O3. The molecule has 1 aromatic rings. The van der Waals surface area contributed by atoms with Crippen LogP contribution in [-0.2, 0) is 4.74 Å². The second kappa shape index (κ2) is 4.95. The van der Waals surface area contributed by atoms with Crippen LogP contribution >= 0.6 is 0 Å². The van der Waals surface area contributed by atoms with Crippen LogP contribution in [0.3, 0.4) is 0 Å². The van der Waals surface area contributed by atoms with Crippen molar-refractivity contribution in [2.24, 2.45) is 0 Å².